The average molecular weight is 332 g/mol. The third kappa shape index (κ3) is 5.71. The van der Waals surface area contributed by atoms with Gasteiger partial charge in [0.25, 0.3) is 5.91 Å². The van der Waals surface area contributed by atoms with E-state index >= 15 is 0 Å². The van der Waals surface area contributed by atoms with Crippen molar-refractivity contribution in [2.45, 2.75) is 10.2 Å². The van der Waals surface area contributed by atoms with Crippen LogP contribution in [0.15, 0.2) is 5.10 Å². The van der Waals surface area contributed by atoms with Gasteiger partial charge in [-0.1, -0.05) is 34.8 Å². The number of ether oxygens (including phenoxy) is 1. The quantitative estimate of drug-likeness (QED) is 0.777. The lowest BCUT2D eigenvalue weighted by atomic mass is 10.4. The molecule has 108 valence electrons. The van der Waals surface area contributed by atoms with Crippen molar-refractivity contribution in [1.29, 1.82) is 0 Å². The molecule has 0 aromatic carbocycles. The van der Waals surface area contributed by atoms with E-state index in [4.69, 9.17) is 40.5 Å². The molecule has 0 saturated carbocycles. The van der Waals surface area contributed by atoms with Crippen LogP contribution in [0.5, 0.6) is 0 Å². The number of alkyl halides is 3. The van der Waals surface area contributed by atoms with Crippen molar-refractivity contribution < 1.29 is 14.3 Å². The maximum Gasteiger partial charge on any atom is 0.416 e. The Kier molecular flexibility index (Phi) is 5.51. The van der Waals surface area contributed by atoms with E-state index in [9.17, 15) is 9.59 Å². The first-order valence-corrected chi connectivity index (χ1v) is 6.40. The number of amides is 2. The van der Waals surface area contributed by atoms with Crippen LogP contribution in [-0.2, 0) is 9.53 Å². The monoisotopic (exact) mass is 330 g/mol. The van der Waals surface area contributed by atoms with Crippen LogP contribution < -0.4 is 5.73 Å². The summed E-state index contributed by atoms with van der Waals surface area (Å²) in [7, 11) is 1.27. The second-order valence-corrected chi connectivity index (χ2v) is 6.37. The summed E-state index contributed by atoms with van der Waals surface area (Å²) < 4.78 is 2.95. The molecule has 0 fully saturated rings. The molecule has 0 saturated heterocycles. The van der Waals surface area contributed by atoms with Crippen LogP contribution in [0.1, 0.15) is 6.42 Å². The minimum atomic E-state index is -1.72. The standard InChI is InChI=1S/C9H13Cl3N4O3/c1-15(8(18)19-5-9(10,11)12)7(17)4-16-3-2-6(13)14-16/h2-5H2,1H3,(H2,13,14). The molecule has 7 nitrogen and oxygen atoms in total. The van der Waals surface area contributed by atoms with Gasteiger partial charge in [0.15, 0.2) is 0 Å². The van der Waals surface area contributed by atoms with E-state index < -0.39 is 22.4 Å². The molecule has 10 heteroatoms. The largest absolute Gasteiger partial charge is 0.445 e. The maximum absolute atomic E-state index is 11.7. The number of hydrogen-bond acceptors (Lipinski definition) is 6. The first kappa shape index (κ1) is 16.1. The normalized spacial score (nSPS) is 15.2. The molecule has 0 atom stereocenters. The van der Waals surface area contributed by atoms with Crippen molar-refractivity contribution in [3.05, 3.63) is 0 Å². The number of nitrogens with zero attached hydrogens (tertiary/aromatic N) is 3. The summed E-state index contributed by atoms with van der Waals surface area (Å²) in [6.07, 6.45) is -0.304. The molecule has 0 aromatic heterocycles. The zero-order chi connectivity index (χ0) is 14.6. The topological polar surface area (TPSA) is 88.2 Å². The van der Waals surface area contributed by atoms with Gasteiger partial charge in [-0.3, -0.25) is 9.80 Å². The highest BCUT2D eigenvalue weighted by Crippen LogP contribution is 2.26. The number of hydrazone groups is 1. The Morgan fingerprint density at radius 1 is 1.53 bits per heavy atom. The number of amidine groups is 1. The fourth-order valence-corrected chi connectivity index (χ4v) is 1.41. The number of rotatable bonds is 3. The van der Waals surface area contributed by atoms with E-state index in [-0.39, 0.29) is 6.54 Å². The molecule has 0 aliphatic carbocycles. The van der Waals surface area contributed by atoms with Crippen LogP contribution in [0.2, 0.25) is 0 Å². The van der Waals surface area contributed by atoms with E-state index in [0.29, 0.717) is 18.8 Å². The van der Waals surface area contributed by atoms with Crippen molar-refractivity contribution in [1.82, 2.24) is 9.91 Å². The number of halogens is 3. The Bertz CT molecular complexity index is 397. The molecule has 19 heavy (non-hydrogen) atoms. The Labute approximate surface area is 125 Å². The zero-order valence-electron chi connectivity index (χ0n) is 10.1. The molecule has 0 bridgehead atoms. The van der Waals surface area contributed by atoms with Gasteiger partial charge in [0, 0.05) is 20.0 Å². The van der Waals surface area contributed by atoms with Gasteiger partial charge in [-0.2, -0.15) is 5.10 Å². The predicted molar refractivity (Wildman–Crippen MR) is 72.2 cm³/mol. The Hall–Kier alpha value is -0.920. The average Bonchev–Trinajstić information content (AvgIpc) is 2.69. The molecular formula is C9H13Cl3N4O3. The van der Waals surface area contributed by atoms with Crippen LogP contribution in [0.3, 0.4) is 0 Å². The third-order valence-electron chi connectivity index (χ3n) is 2.22. The lowest BCUT2D eigenvalue weighted by molar-refractivity contribution is -0.129. The molecule has 1 aliphatic heterocycles. The van der Waals surface area contributed by atoms with E-state index in [0.717, 1.165) is 4.90 Å². The van der Waals surface area contributed by atoms with Crippen LogP contribution >= 0.6 is 34.8 Å². The van der Waals surface area contributed by atoms with E-state index in [1.54, 1.807) is 0 Å². The summed E-state index contributed by atoms with van der Waals surface area (Å²) in [5.41, 5.74) is 5.48. The lowest BCUT2D eigenvalue weighted by Crippen LogP contribution is -2.40. The van der Waals surface area contributed by atoms with Crippen molar-refractivity contribution in [2.75, 3.05) is 26.7 Å². The molecule has 0 aromatic rings. The molecule has 1 rings (SSSR count). The summed E-state index contributed by atoms with van der Waals surface area (Å²) in [6.45, 7) is 0.0254. The van der Waals surface area contributed by atoms with Crippen LogP contribution in [0.25, 0.3) is 0 Å². The molecule has 0 radical (unpaired) electrons. The van der Waals surface area contributed by atoms with Gasteiger partial charge in [0.2, 0.25) is 3.79 Å². The summed E-state index contributed by atoms with van der Waals surface area (Å²) >= 11 is 16.3. The molecular weight excluding hydrogens is 318 g/mol. The van der Waals surface area contributed by atoms with Crippen molar-refractivity contribution in [3.8, 4) is 0 Å². The summed E-state index contributed by atoms with van der Waals surface area (Å²) in [6, 6.07) is 0. The zero-order valence-corrected chi connectivity index (χ0v) is 12.4. The van der Waals surface area contributed by atoms with Gasteiger partial charge in [-0.25, -0.2) is 9.69 Å². The summed E-state index contributed by atoms with van der Waals surface area (Å²) in [5.74, 6) is -0.0398. The smallest absolute Gasteiger partial charge is 0.416 e. The van der Waals surface area contributed by atoms with Crippen molar-refractivity contribution in [3.63, 3.8) is 0 Å². The van der Waals surface area contributed by atoms with Crippen LogP contribution in [0, 0.1) is 0 Å². The van der Waals surface area contributed by atoms with Crippen molar-refractivity contribution in [2.24, 2.45) is 10.8 Å². The van der Waals surface area contributed by atoms with Crippen LogP contribution in [-0.4, -0.2) is 58.3 Å². The highest BCUT2D eigenvalue weighted by molar-refractivity contribution is 6.67. The first-order valence-electron chi connectivity index (χ1n) is 5.27. The van der Waals surface area contributed by atoms with Gasteiger partial charge in [-0.15, -0.1) is 0 Å². The summed E-state index contributed by atoms with van der Waals surface area (Å²) in [5, 5.41) is 5.39. The maximum atomic E-state index is 11.7. The number of carbonyl (C=O) groups is 2. The Morgan fingerprint density at radius 3 is 2.63 bits per heavy atom. The van der Waals surface area contributed by atoms with E-state index in [2.05, 4.69) is 9.84 Å². The van der Waals surface area contributed by atoms with E-state index in [1.165, 1.54) is 12.1 Å². The SMILES string of the molecule is CN(C(=O)CN1CCC(N)=N1)C(=O)OCC(Cl)(Cl)Cl. The second kappa shape index (κ2) is 6.49. The third-order valence-corrected chi connectivity index (χ3v) is 2.55. The molecule has 0 unspecified atom stereocenters. The highest BCUT2D eigenvalue weighted by Gasteiger charge is 2.26. The Morgan fingerprint density at radius 2 is 2.16 bits per heavy atom. The number of imide groups is 1. The highest BCUT2D eigenvalue weighted by atomic mass is 35.6. The van der Waals surface area contributed by atoms with Gasteiger partial charge >= 0.3 is 6.09 Å². The fourth-order valence-electron chi connectivity index (χ4n) is 1.24. The van der Waals surface area contributed by atoms with Gasteiger partial charge < -0.3 is 10.5 Å². The number of hydrogen-bond donors (Lipinski definition) is 1. The van der Waals surface area contributed by atoms with Gasteiger partial charge in [0.05, 0.1) is 0 Å². The van der Waals surface area contributed by atoms with Crippen LogP contribution in [0.4, 0.5) is 4.79 Å². The van der Waals surface area contributed by atoms with Gasteiger partial charge in [0.1, 0.15) is 19.0 Å². The van der Waals surface area contributed by atoms with Gasteiger partial charge in [-0.05, 0) is 0 Å². The lowest BCUT2D eigenvalue weighted by Gasteiger charge is -2.20. The molecule has 2 amide bonds. The second-order valence-electron chi connectivity index (χ2n) is 3.85. The molecule has 1 heterocycles. The number of carbonyl (C=O) groups excluding carboxylic acids is 2. The number of likely N-dealkylation sites (N-methyl/N-ethyl adjacent to an activating group) is 1. The Balaban J connectivity index is 2.41. The first-order chi connectivity index (χ1) is 8.69. The summed E-state index contributed by atoms with van der Waals surface area (Å²) in [4.78, 5) is 24.0. The molecule has 0 spiro atoms. The molecule has 1 aliphatic rings. The minimum absolute atomic E-state index is 0.0694. The fraction of sp³-hybridized carbons (Fsp3) is 0.667. The number of nitrogens with two attached hydrogens (primary N) is 1. The minimum Gasteiger partial charge on any atom is -0.445 e. The predicted octanol–water partition coefficient (Wildman–Crippen LogP) is 0.930. The van der Waals surface area contributed by atoms with Crippen molar-refractivity contribution >= 4 is 52.6 Å². The molecule has 2 N–H and O–H groups in total. The van der Waals surface area contributed by atoms with E-state index in [1.807, 2.05) is 0 Å².